The fourth-order valence-electron chi connectivity index (χ4n) is 2.09. The fourth-order valence-corrected chi connectivity index (χ4v) is 3.10. The molecule has 0 unspecified atom stereocenters. The van der Waals surface area contributed by atoms with Gasteiger partial charge >= 0.3 is 0 Å². The molecule has 0 radical (unpaired) electrons. The van der Waals surface area contributed by atoms with Crippen molar-refractivity contribution in [2.75, 3.05) is 5.73 Å². The van der Waals surface area contributed by atoms with Gasteiger partial charge in [-0.3, -0.25) is 14.9 Å². The van der Waals surface area contributed by atoms with Crippen LogP contribution < -0.4 is 5.73 Å². The van der Waals surface area contributed by atoms with Crippen LogP contribution in [0.25, 0.3) is 10.2 Å². The SMILES string of the molecule is Cc1ccc(C(=O)c2sc3ncc([N+](=O)[O-])cc3c2N)cc1. The molecule has 0 aliphatic heterocycles. The normalized spacial score (nSPS) is 10.8. The molecular formula is C15H11N3O3S. The minimum absolute atomic E-state index is 0.147. The van der Waals surface area contributed by atoms with Gasteiger partial charge < -0.3 is 5.73 Å². The fraction of sp³-hybridized carbons (Fsp3) is 0.0667. The molecule has 0 atom stereocenters. The van der Waals surface area contributed by atoms with Crippen LogP contribution in [0.1, 0.15) is 20.8 Å². The monoisotopic (exact) mass is 313 g/mol. The Bertz CT molecular complexity index is 900. The first-order valence-corrected chi connectivity index (χ1v) is 7.23. The standard InChI is InChI=1S/C15H11N3O3S/c1-8-2-4-9(5-3-8)13(19)14-12(16)11-6-10(18(20)21)7-17-15(11)22-14/h2-7H,16H2,1H3. The lowest BCUT2D eigenvalue weighted by Crippen LogP contribution is -2.01. The van der Waals surface area contributed by atoms with Gasteiger partial charge in [0.25, 0.3) is 5.69 Å². The first-order chi connectivity index (χ1) is 10.5. The van der Waals surface area contributed by atoms with Crippen molar-refractivity contribution in [2.45, 2.75) is 6.92 Å². The number of nitrogens with two attached hydrogens (primary N) is 1. The first-order valence-electron chi connectivity index (χ1n) is 6.41. The maximum Gasteiger partial charge on any atom is 0.288 e. The third kappa shape index (κ3) is 2.31. The minimum atomic E-state index is -0.537. The van der Waals surface area contributed by atoms with Gasteiger partial charge in [-0.2, -0.15) is 0 Å². The summed E-state index contributed by atoms with van der Waals surface area (Å²) < 4.78 is 0. The van der Waals surface area contributed by atoms with Crippen LogP contribution in [-0.4, -0.2) is 15.7 Å². The highest BCUT2D eigenvalue weighted by molar-refractivity contribution is 7.21. The average Bonchev–Trinajstić information content (AvgIpc) is 2.84. The molecule has 0 amide bonds. The molecule has 2 N–H and O–H groups in total. The van der Waals surface area contributed by atoms with Crippen molar-refractivity contribution in [2.24, 2.45) is 0 Å². The maximum absolute atomic E-state index is 12.5. The van der Waals surface area contributed by atoms with Crippen LogP contribution in [0.3, 0.4) is 0 Å². The molecule has 0 saturated heterocycles. The largest absolute Gasteiger partial charge is 0.397 e. The third-order valence-electron chi connectivity index (χ3n) is 3.30. The average molecular weight is 313 g/mol. The second kappa shape index (κ2) is 5.19. The molecular weight excluding hydrogens is 302 g/mol. The molecule has 7 heteroatoms. The number of ketones is 1. The summed E-state index contributed by atoms with van der Waals surface area (Å²) in [6, 6.07) is 8.51. The van der Waals surface area contributed by atoms with Gasteiger partial charge in [-0.25, -0.2) is 4.98 Å². The van der Waals surface area contributed by atoms with E-state index in [4.69, 9.17) is 5.73 Å². The molecule has 3 aromatic rings. The molecule has 0 aliphatic carbocycles. The summed E-state index contributed by atoms with van der Waals surface area (Å²) in [5, 5.41) is 11.3. The number of benzene rings is 1. The summed E-state index contributed by atoms with van der Waals surface area (Å²) in [5.41, 5.74) is 7.67. The Morgan fingerprint density at radius 1 is 1.32 bits per heavy atom. The molecule has 0 bridgehead atoms. The molecule has 0 aliphatic rings. The Labute approximate surface area is 129 Å². The number of nitrogens with zero attached hydrogens (tertiary/aromatic N) is 2. The van der Waals surface area contributed by atoms with Crippen molar-refractivity contribution < 1.29 is 9.72 Å². The number of hydrogen-bond donors (Lipinski definition) is 1. The second-order valence-electron chi connectivity index (χ2n) is 4.84. The van der Waals surface area contributed by atoms with Gasteiger partial charge in [0.05, 0.1) is 10.6 Å². The highest BCUT2D eigenvalue weighted by Gasteiger charge is 2.20. The predicted molar refractivity (Wildman–Crippen MR) is 85.3 cm³/mol. The summed E-state index contributed by atoms with van der Waals surface area (Å²) in [7, 11) is 0. The Hall–Kier alpha value is -2.80. The van der Waals surface area contributed by atoms with Crippen LogP contribution >= 0.6 is 11.3 Å². The molecule has 0 saturated carbocycles. The Morgan fingerprint density at radius 2 is 2.00 bits per heavy atom. The number of carbonyl (C=O) groups is 1. The highest BCUT2D eigenvalue weighted by atomic mass is 32.1. The van der Waals surface area contributed by atoms with E-state index in [9.17, 15) is 14.9 Å². The van der Waals surface area contributed by atoms with E-state index in [0.29, 0.717) is 20.7 Å². The quantitative estimate of drug-likeness (QED) is 0.454. The number of thiophene rings is 1. The van der Waals surface area contributed by atoms with Crippen molar-refractivity contribution in [3.05, 3.63) is 62.6 Å². The summed E-state index contributed by atoms with van der Waals surface area (Å²) >= 11 is 1.14. The Kier molecular flexibility index (Phi) is 3.34. The summed E-state index contributed by atoms with van der Waals surface area (Å²) in [6.07, 6.45) is 1.17. The third-order valence-corrected chi connectivity index (χ3v) is 4.43. The van der Waals surface area contributed by atoms with Crippen LogP contribution in [-0.2, 0) is 0 Å². The van der Waals surface area contributed by atoms with Gasteiger partial charge in [0, 0.05) is 17.0 Å². The first kappa shape index (κ1) is 14.2. The lowest BCUT2D eigenvalue weighted by molar-refractivity contribution is -0.385. The van der Waals surface area contributed by atoms with Gasteiger partial charge in [0.15, 0.2) is 0 Å². The molecule has 2 heterocycles. The van der Waals surface area contributed by atoms with E-state index in [1.807, 2.05) is 19.1 Å². The number of fused-ring (bicyclic) bond motifs is 1. The lowest BCUT2D eigenvalue weighted by atomic mass is 10.1. The predicted octanol–water partition coefficient (Wildman–Crippen LogP) is 3.33. The van der Waals surface area contributed by atoms with Crippen LogP contribution in [0, 0.1) is 17.0 Å². The van der Waals surface area contributed by atoms with E-state index in [1.165, 1.54) is 12.3 Å². The zero-order chi connectivity index (χ0) is 15.9. The zero-order valence-electron chi connectivity index (χ0n) is 11.6. The van der Waals surface area contributed by atoms with E-state index >= 15 is 0 Å². The summed E-state index contributed by atoms with van der Waals surface area (Å²) in [4.78, 5) is 27.7. The molecule has 0 fully saturated rings. The molecule has 3 rings (SSSR count). The smallest absolute Gasteiger partial charge is 0.288 e. The van der Waals surface area contributed by atoms with Gasteiger partial charge in [0.2, 0.25) is 5.78 Å². The minimum Gasteiger partial charge on any atom is -0.397 e. The molecule has 6 nitrogen and oxygen atoms in total. The van der Waals surface area contributed by atoms with Crippen molar-refractivity contribution in [1.82, 2.24) is 4.98 Å². The maximum atomic E-state index is 12.5. The van der Waals surface area contributed by atoms with Crippen LogP contribution in [0.4, 0.5) is 11.4 Å². The molecule has 110 valence electrons. The zero-order valence-corrected chi connectivity index (χ0v) is 12.4. The number of aryl methyl sites for hydroxylation is 1. The molecule has 0 spiro atoms. The van der Waals surface area contributed by atoms with Crippen LogP contribution in [0.2, 0.25) is 0 Å². The highest BCUT2D eigenvalue weighted by Crippen LogP contribution is 2.35. The summed E-state index contributed by atoms with van der Waals surface area (Å²) in [6.45, 7) is 1.94. The van der Waals surface area contributed by atoms with Crippen LogP contribution in [0.5, 0.6) is 0 Å². The van der Waals surface area contributed by atoms with Gasteiger partial charge in [-0.05, 0) is 6.92 Å². The van der Waals surface area contributed by atoms with Crippen molar-refractivity contribution in [3.63, 3.8) is 0 Å². The van der Waals surface area contributed by atoms with E-state index in [-0.39, 0.29) is 17.2 Å². The Morgan fingerprint density at radius 3 is 2.64 bits per heavy atom. The van der Waals surface area contributed by atoms with E-state index < -0.39 is 4.92 Å². The number of pyridine rings is 1. The van der Waals surface area contributed by atoms with Crippen LogP contribution in [0.15, 0.2) is 36.5 Å². The topological polar surface area (TPSA) is 99.1 Å². The molecule has 2 aromatic heterocycles. The molecule has 22 heavy (non-hydrogen) atoms. The van der Waals surface area contributed by atoms with Crippen molar-refractivity contribution >= 4 is 38.7 Å². The number of hydrogen-bond acceptors (Lipinski definition) is 6. The van der Waals surface area contributed by atoms with Crippen molar-refractivity contribution in [1.29, 1.82) is 0 Å². The number of aromatic nitrogens is 1. The second-order valence-corrected chi connectivity index (χ2v) is 5.84. The lowest BCUT2D eigenvalue weighted by Gasteiger charge is -2.00. The number of nitrogen functional groups attached to an aromatic ring is 1. The number of rotatable bonds is 3. The Balaban J connectivity index is 2.11. The van der Waals surface area contributed by atoms with Gasteiger partial charge in [-0.1, -0.05) is 29.8 Å². The molecule has 1 aromatic carbocycles. The van der Waals surface area contributed by atoms with Crippen molar-refractivity contribution in [3.8, 4) is 0 Å². The number of nitro groups is 1. The van der Waals surface area contributed by atoms with Gasteiger partial charge in [-0.15, -0.1) is 11.3 Å². The number of carbonyl (C=O) groups excluding carboxylic acids is 1. The van der Waals surface area contributed by atoms with E-state index in [2.05, 4.69) is 4.98 Å². The van der Waals surface area contributed by atoms with Gasteiger partial charge in [0.1, 0.15) is 15.9 Å². The number of anilines is 1. The summed E-state index contributed by atoms with van der Waals surface area (Å²) in [5.74, 6) is -0.205. The van der Waals surface area contributed by atoms with E-state index in [0.717, 1.165) is 16.9 Å². The van der Waals surface area contributed by atoms with E-state index in [1.54, 1.807) is 12.1 Å².